The predicted molar refractivity (Wildman–Crippen MR) is 122 cm³/mol. The van der Waals surface area contributed by atoms with E-state index in [9.17, 15) is 4.79 Å². The first-order valence-corrected chi connectivity index (χ1v) is 12.1. The second kappa shape index (κ2) is 8.61. The summed E-state index contributed by atoms with van der Waals surface area (Å²) in [6.07, 6.45) is 7.38. The van der Waals surface area contributed by atoms with Crippen LogP contribution < -0.4 is 5.84 Å². The molecule has 1 aromatic carbocycles. The molecule has 0 radical (unpaired) electrons. The van der Waals surface area contributed by atoms with E-state index in [4.69, 9.17) is 5.84 Å². The Labute approximate surface area is 183 Å². The normalized spacial score (nSPS) is 22.0. The zero-order valence-corrected chi connectivity index (χ0v) is 19.1. The molecular formula is C23H33N5OS. The summed E-state index contributed by atoms with van der Waals surface area (Å²) < 4.78 is 1.50. The summed E-state index contributed by atoms with van der Waals surface area (Å²) in [6, 6.07) is 8.72. The molecule has 1 saturated heterocycles. The lowest BCUT2D eigenvalue weighted by atomic mass is 9.78. The first-order valence-electron chi connectivity index (χ1n) is 11.1. The molecule has 2 fully saturated rings. The Hall–Kier alpha value is -2.02. The SMILES string of the molecule is CC(C)(C)c1ccc(-c2nnc(SCC(=O)N3CCC[C@H]4CCCC[C@@H]43)n2N)cc1. The van der Waals surface area contributed by atoms with E-state index >= 15 is 0 Å². The third-order valence-corrected chi connectivity index (χ3v) is 7.49. The Bertz CT molecular complexity index is 884. The fourth-order valence-corrected chi connectivity index (χ4v) is 5.58. The summed E-state index contributed by atoms with van der Waals surface area (Å²) in [5.41, 5.74) is 2.29. The maximum atomic E-state index is 13.0. The van der Waals surface area contributed by atoms with Gasteiger partial charge in [0.1, 0.15) is 0 Å². The average Bonchev–Trinajstić information content (AvgIpc) is 3.11. The van der Waals surface area contributed by atoms with Crippen LogP contribution in [-0.4, -0.2) is 44.0 Å². The topological polar surface area (TPSA) is 77.0 Å². The number of hydrogen-bond donors (Lipinski definition) is 1. The standard InChI is InChI=1S/C23H33N5OS/c1-23(2,3)18-12-10-17(11-13-18)21-25-26-22(28(21)24)30-15-20(29)27-14-6-8-16-7-4-5-9-19(16)27/h10-13,16,19H,4-9,14-15,24H2,1-3H3/t16-,19+/m1/s1. The minimum Gasteiger partial charge on any atom is -0.339 e. The van der Waals surface area contributed by atoms with Crippen LogP contribution in [0.2, 0.25) is 0 Å². The molecule has 0 unspecified atom stereocenters. The van der Waals surface area contributed by atoms with Gasteiger partial charge in [0.25, 0.3) is 0 Å². The zero-order chi connectivity index (χ0) is 21.3. The third kappa shape index (κ3) is 4.36. The van der Waals surface area contributed by atoms with Crippen molar-refractivity contribution in [2.75, 3.05) is 18.1 Å². The fourth-order valence-electron chi connectivity index (χ4n) is 4.84. The first-order chi connectivity index (χ1) is 14.3. The lowest BCUT2D eigenvalue weighted by Gasteiger charge is -2.44. The molecule has 30 heavy (non-hydrogen) atoms. The van der Waals surface area contributed by atoms with Gasteiger partial charge in [-0.3, -0.25) is 4.79 Å². The molecule has 1 saturated carbocycles. The minimum atomic E-state index is 0.0993. The number of nitrogens with zero attached hydrogens (tertiary/aromatic N) is 4. The highest BCUT2D eigenvalue weighted by atomic mass is 32.2. The molecule has 1 aliphatic heterocycles. The number of fused-ring (bicyclic) bond motifs is 1. The van der Waals surface area contributed by atoms with Gasteiger partial charge in [0, 0.05) is 18.2 Å². The summed E-state index contributed by atoms with van der Waals surface area (Å²) in [6.45, 7) is 7.46. The highest BCUT2D eigenvalue weighted by molar-refractivity contribution is 7.99. The molecule has 162 valence electrons. The Morgan fingerprint density at radius 1 is 1.10 bits per heavy atom. The van der Waals surface area contributed by atoms with Crippen LogP contribution in [0.15, 0.2) is 29.4 Å². The van der Waals surface area contributed by atoms with Crippen molar-refractivity contribution >= 4 is 17.7 Å². The Morgan fingerprint density at radius 2 is 1.80 bits per heavy atom. The van der Waals surface area contributed by atoms with Crippen LogP contribution in [0.1, 0.15) is 64.9 Å². The largest absolute Gasteiger partial charge is 0.339 e. The maximum absolute atomic E-state index is 13.0. The molecule has 0 spiro atoms. The molecule has 1 aromatic heterocycles. The van der Waals surface area contributed by atoms with Gasteiger partial charge in [0.05, 0.1) is 5.75 Å². The maximum Gasteiger partial charge on any atom is 0.233 e. The van der Waals surface area contributed by atoms with Crippen LogP contribution in [0.4, 0.5) is 0 Å². The number of carbonyl (C=O) groups excluding carboxylic acids is 1. The van der Waals surface area contributed by atoms with Crippen molar-refractivity contribution in [1.29, 1.82) is 0 Å². The van der Waals surface area contributed by atoms with E-state index in [0.29, 0.717) is 28.7 Å². The Balaban J connectivity index is 1.41. The summed E-state index contributed by atoms with van der Waals surface area (Å²) in [5, 5.41) is 9.10. The summed E-state index contributed by atoms with van der Waals surface area (Å²) >= 11 is 1.38. The molecule has 2 N–H and O–H groups in total. The lowest BCUT2D eigenvalue weighted by molar-refractivity contribution is -0.134. The number of aromatic nitrogens is 3. The van der Waals surface area contributed by atoms with E-state index in [2.05, 4.69) is 48.0 Å². The third-order valence-electron chi connectivity index (χ3n) is 6.56. The molecule has 2 aromatic rings. The van der Waals surface area contributed by atoms with Gasteiger partial charge in [0.15, 0.2) is 5.82 Å². The molecule has 1 amide bonds. The average molecular weight is 428 g/mol. The summed E-state index contributed by atoms with van der Waals surface area (Å²) in [5.74, 6) is 8.16. The minimum absolute atomic E-state index is 0.0993. The number of thioether (sulfide) groups is 1. The molecule has 7 heteroatoms. The second-order valence-corrected chi connectivity index (χ2v) is 10.6. The van der Waals surface area contributed by atoms with Gasteiger partial charge in [-0.15, -0.1) is 10.2 Å². The Morgan fingerprint density at radius 3 is 2.53 bits per heavy atom. The van der Waals surface area contributed by atoms with E-state index in [1.54, 1.807) is 0 Å². The number of amides is 1. The monoisotopic (exact) mass is 427 g/mol. The molecule has 2 aliphatic rings. The molecule has 2 atom stereocenters. The fraction of sp³-hybridized carbons (Fsp3) is 0.609. The summed E-state index contributed by atoms with van der Waals surface area (Å²) in [7, 11) is 0. The van der Waals surface area contributed by atoms with Gasteiger partial charge in [-0.1, -0.05) is 69.6 Å². The van der Waals surface area contributed by atoms with Gasteiger partial charge in [-0.2, -0.15) is 0 Å². The van der Waals surface area contributed by atoms with Gasteiger partial charge in [0.2, 0.25) is 11.1 Å². The molecule has 2 heterocycles. The number of hydrogen-bond acceptors (Lipinski definition) is 5. The van der Waals surface area contributed by atoms with E-state index in [1.807, 2.05) is 12.1 Å². The van der Waals surface area contributed by atoms with Crippen molar-refractivity contribution in [3.63, 3.8) is 0 Å². The number of nitrogens with two attached hydrogens (primary N) is 1. The molecule has 0 bridgehead atoms. The quantitative estimate of drug-likeness (QED) is 0.584. The van der Waals surface area contributed by atoms with Crippen molar-refractivity contribution in [2.24, 2.45) is 5.92 Å². The highest BCUT2D eigenvalue weighted by Crippen LogP contribution is 2.36. The van der Waals surface area contributed by atoms with Crippen LogP contribution in [0, 0.1) is 5.92 Å². The predicted octanol–water partition coefficient (Wildman–Crippen LogP) is 4.23. The van der Waals surface area contributed by atoms with Gasteiger partial charge >= 0.3 is 0 Å². The smallest absolute Gasteiger partial charge is 0.233 e. The van der Waals surface area contributed by atoms with E-state index in [0.717, 1.165) is 24.9 Å². The lowest BCUT2D eigenvalue weighted by Crippen LogP contribution is -2.50. The van der Waals surface area contributed by atoms with Crippen molar-refractivity contribution in [2.45, 2.75) is 75.9 Å². The highest BCUT2D eigenvalue weighted by Gasteiger charge is 2.35. The number of likely N-dealkylation sites (tertiary alicyclic amines) is 1. The second-order valence-electron chi connectivity index (χ2n) is 9.63. The van der Waals surface area contributed by atoms with Crippen LogP contribution in [0.3, 0.4) is 0 Å². The van der Waals surface area contributed by atoms with E-state index < -0.39 is 0 Å². The van der Waals surface area contributed by atoms with Gasteiger partial charge < -0.3 is 10.7 Å². The van der Waals surface area contributed by atoms with Crippen molar-refractivity contribution in [3.8, 4) is 11.4 Å². The molecule has 4 rings (SSSR count). The number of benzene rings is 1. The number of carbonyl (C=O) groups is 1. The van der Waals surface area contributed by atoms with E-state index in [1.165, 1.54) is 47.7 Å². The molecule has 1 aliphatic carbocycles. The first kappa shape index (κ1) is 21.2. The van der Waals surface area contributed by atoms with Crippen LogP contribution in [0.5, 0.6) is 0 Å². The Kier molecular flexibility index (Phi) is 6.09. The van der Waals surface area contributed by atoms with Crippen molar-refractivity contribution in [1.82, 2.24) is 19.8 Å². The number of piperidine rings is 1. The molecule has 6 nitrogen and oxygen atoms in total. The molecular weight excluding hydrogens is 394 g/mol. The zero-order valence-electron chi connectivity index (χ0n) is 18.3. The van der Waals surface area contributed by atoms with E-state index in [-0.39, 0.29) is 11.3 Å². The number of nitrogen functional groups attached to an aromatic ring is 1. The van der Waals surface area contributed by atoms with Gasteiger partial charge in [-0.25, -0.2) is 4.68 Å². The van der Waals surface area contributed by atoms with Crippen LogP contribution >= 0.6 is 11.8 Å². The van der Waals surface area contributed by atoms with Crippen LogP contribution in [0.25, 0.3) is 11.4 Å². The van der Waals surface area contributed by atoms with Crippen LogP contribution in [-0.2, 0) is 10.2 Å². The van der Waals surface area contributed by atoms with Gasteiger partial charge in [-0.05, 0) is 42.6 Å². The summed E-state index contributed by atoms with van der Waals surface area (Å²) in [4.78, 5) is 15.1. The van der Waals surface area contributed by atoms with Crippen molar-refractivity contribution in [3.05, 3.63) is 29.8 Å². The van der Waals surface area contributed by atoms with Crippen molar-refractivity contribution < 1.29 is 4.79 Å². The number of rotatable bonds is 4.